The SMILES string of the molecule is COc1cccc2c1C=[N+](c1ccccc1O)CC2. The maximum atomic E-state index is 9.94. The van der Waals surface area contributed by atoms with E-state index >= 15 is 0 Å². The molecular formula is C16H16NO2+. The Kier molecular flexibility index (Phi) is 2.95. The summed E-state index contributed by atoms with van der Waals surface area (Å²) < 4.78 is 7.48. The van der Waals surface area contributed by atoms with Crippen LogP contribution in [0.5, 0.6) is 11.5 Å². The van der Waals surface area contributed by atoms with Crippen molar-refractivity contribution < 1.29 is 14.4 Å². The summed E-state index contributed by atoms with van der Waals surface area (Å²) in [7, 11) is 1.68. The number of benzene rings is 2. The molecule has 0 spiro atoms. The van der Waals surface area contributed by atoms with Crippen molar-refractivity contribution in [3.05, 3.63) is 53.6 Å². The number of hydrogen-bond donors (Lipinski definition) is 1. The molecule has 2 aromatic carbocycles. The second-order valence-corrected chi connectivity index (χ2v) is 4.59. The molecule has 0 aliphatic carbocycles. The van der Waals surface area contributed by atoms with Crippen molar-refractivity contribution in [1.82, 2.24) is 0 Å². The Morgan fingerprint density at radius 2 is 1.95 bits per heavy atom. The zero-order valence-electron chi connectivity index (χ0n) is 10.8. The lowest BCUT2D eigenvalue weighted by Crippen LogP contribution is -2.19. The van der Waals surface area contributed by atoms with Gasteiger partial charge in [-0.1, -0.05) is 24.3 Å². The molecule has 0 saturated carbocycles. The fourth-order valence-electron chi connectivity index (χ4n) is 2.49. The van der Waals surface area contributed by atoms with Gasteiger partial charge in [-0.25, -0.2) is 0 Å². The molecule has 3 nitrogen and oxygen atoms in total. The van der Waals surface area contributed by atoms with Gasteiger partial charge in [0.1, 0.15) is 5.75 Å². The van der Waals surface area contributed by atoms with E-state index in [0.29, 0.717) is 5.75 Å². The number of ether oxygens (including phenoxy) is 1. The highest BCUT2D eigenvalue weighted by atomic mass is 16.5. The molecule has 1 N–H and O–H groups in total. The smallest absolute Gasteiger partial charge is 0.247 e. The molecule has 0 amide bonds. The van der Waals surface area contributed by atoms with E-state index in [4.69, 9.17) is 4.74 Å². The van der Waals surface area contributed by atoms with Crippen LogP contribution in [-0.4, -0.2) is 29.6 Å². The molecule has 19 heavy (non-hydrogen) atoms. The Bertz CT molecular complexity index is 647. The molecule has 1 heterocycles. The van der Waals surface area contributed by atoms with Gasteiger partial charge < -0.3 is 9.84 Å². The number of fused-ring (bicyclic) bond motifs is 1. The van der Waals surface area contributed by atoms with Crippen molar-refractivity contribution >= 4 is 11.9 Å². The lowest BCUT2D eigenvalue weighted by atomic mass is 10.0. The van der Waals surface area contributed by atoms with Gasteiger partial charge in [0, 0.05) is 12.5 Å². The van der Waals surface area contributed by atoms with Crippen LogP contribution in [0.2, 0.25) is 0 Å². The zero-order valence-corrected chi connectivity index (χ0v) is 10.8. The minimum absolute atomic E-state index is 0.303. The number of phenols is 1. The van der Waals surface area contributed by atoms with Crippen LogP contribution in [0.4, 0.5) is 5.69 Å². The Labute approximate surface area is 112 Å². The molecule has 3 heteroatoms. The highest BCUT2D eigenvalue weighted by Crippen LogP contribution is 2.29. The first-order valence-corrected chi connectivity index (χ1v) is 6.35. The van der Waals surface area contributed by atoms with Crippen LogP contribution in [0, 0.1) is 0 Å². The second kappa shape index (κ2) is 4.76. The summed E-state index contributed by atoms with van der Waals surface area (Å²) in [6.45, 7) is 0.859. The third kappa shape index (κ3) is 2.08. The summed E-state index contributed by atoms with van der Waals surface area (Å²) in [5.74, 6) is 1.18. The van der Waals surface area contributed by atoms with E-state index in [0.717, 1.165) is 30.0 Å². The Morgan fingerprint density at radius 1 is 1.11 bits per heavy atom. The van der Waals surface area contributed by atoms with E-state index in [1.165, 1.54) is 5.56 Å². The second-order valence-electron chi connectivity index (χ2n) is 4.59. The van der Waals surface area contributed by atoms with Gasteiger partial charge in [-0.05, 0) is 17.7 Å². The number of hydrogen-bond acceptors (Lipinski definition) is 2. The number of rotatable bonds is 2. The predicted molar refractivity (Wildman–Crippen MR) is 74.8 cm³/mol. The third-order valence-electron chi connectivity index (χ3n) is 3.47. The number of para-hydroxylation sites is 2. The molecule has 0 radical (unpaired) electrons. The number of nitrogens with zero attached hydrogens (tertiary/aromatic N) is 1. The fraction of sp³-hybridized carbons (Fsp3) is 0.188. The standard InChI is InChI=1S/C16H15NO2/c1-19-16-8-4-5-12-9-10-17(11-13(12)16)14-6-2-3-7-15(14)18/h2-8,11H,9-10H2,1H3/p+1. The van der Waals surface area contributed by atoms with Crippen molar-refractivity contribution in [2.45, 2.75) is 6.42 Å². The molecule has 0 atom stereocenters. The van der Waals surface area contributed by atoms with Crippen molar-refractivity contribution in [3.63, 3.8) is 0 Å². The molecule has 0 bridgehead atoms. The van der Waals surface area contributed by atoms with Crippen LogP contribution in [0.15, 0.2) is 42.5 Å². The highest BCUT2D eigenvalue weighted by Gasteiger charge is 2.22. The minimum Gasteiger partial charge on any atom is -0.502 e. The summed E-state index contributed by atoms with van der Waals surface area (Å²) in [6.07, 6.45) is 2.99. The predicted octanol–water partition coefficient (Wildman–Crippen LogP) is 2.72. The number of phenolic OH excluding ortho intramolecular Hbond substituents is 1. The molecule has 3 rings (SSSR count). The van der Waals surface area contributed by atoms with Crippen LogP contribution in [0.3, 0.4) is 0 Å². The van der Waals surface area contributed by atoms with Gasteiger partial charge in [-0.2, -0.15) is 4.58 Å². The first kappa shape index (κ1) is 11.8. The Hall–Kier alpha value is -2.29. The van der Waals surface area contributed by atoms with E-state index in [1.54, 1.807) is 13.2 Å². The Balaban J connectivity index is 2.11. The molecule has 0 aromatic heterocycles. The van der Waals surface area contributed by atoms with Crippen LogP contribution < -0.4 is 4.74 Å². The van der Waals surface area contributed by atoms with Gasteiger partial charge in [-0.15, -0.1) is 0 Å². The van der Waals surface area contributed by atoms with Gasteiger partial charge in [0.25, 0.3) is 0 Å². The number of aromatic hydroxyl groups is 1. The lowest BCUT2D eigenvalue weighted by molar-refractivity contribution is -0.437. The van der Waals surface area contributed by atoms with E-state index in [9.17, 15) is 5.11 Å². The molecule has 0 unspecified atom stereocenters. The molecule has 2 aromatic rings. The minimum atomic E-state index is 0.303. The quantitative estimate of drug-likeness (QED) is 0.836. The van der Waals surface area contributed by atoms with Crippen LogP contribution in [-0.2, 0) is 6.42 Å². The van der Waals surface area contributed by atoms with Gasteiger partial charge in [0.05, 0.1) is 12.7 Å². The van der Waals surface area contributed by atoms with Gasteiger partial charge in [0.2, 0.25) is 5.69 Å². The molecule has 1 aliphatic rings. The zero-order chi connectivity index (χ0) is 13.2. The van der Waals surface area contributed by atoms with Crippen molar-refractivity contribution in [2.24, 2.45) is 0 Å². The molecule has 0 fully saturated rings. The van der Waals surface area contributed by atoms with Crippen molar-refractivity contribution in [2.75, 3.05) is 13.7 Å². The average molecular weight is 254 g/mol. The van der Waals surface area contributed by atoms with Gasteiger partial charge >= 0.3 is 0 Å². The van der Waals surface area contributed by atoms with Crippen LogP contribution in [0.1, 0.15) is 11.1 Å². The summed E-state index contributed by atoms with van der Waals surface area (Å²) in [6, 6.07) is 13.5. The highest BCUT2D eigenvalue weighted by molar-refractivity contribution is 5.84. The fourth-order valence-corrected chi connectivity index (χ4v) is 2.49. The van der Waals surface area contributed by atoms with Crippen molar-refractivity contribution in [3.8, 4) is 11.5 Å². The van der Waals surface area contributed by atoms with Gasteiger partial charge in [-0.3, -0.25) is 0 Å². The summed E-state index contributed by atoms with van der Waals surface area (Å²) >= 11 is 0. The maximum Gasteiger partial charge on any atom is 0.247 e. The normalized spacial score (nSPS) is 13.6. The molecular weight excluding hydrogens is 238 g/mol. The first-order chi connectivity index (χ1) is 9.29. The monoisotopic (exact) mass is 254 g/mol. The van der Waals surface area contributed by atoms with E-state index in [2.05, 4.69) is 10.6 Å². The first-order valence-electron chi connectivity index (χ1n) is 6.35. The summed E-state index contributed by atoms with van der Waals surface area (Å²) in [5.41, 5.74) is 3.21. The van der Waals surface area contributed by atoms with Gasteiger partial charge in [0.15, 0.2) is 18.5 Å². The largest absolute Gasteiger partial charge is 0.502 e. The number of methoxy groups -OCH3 is 1. The topological polar surface area (TPSA) is 32.5 Å². The van der Waals surface area contributed by atoms with Crippen LogP contribution in [0.25, 0.3) is 0 Å². The average Bonchev–Trinajstić information content (AvgIpc) is 2.46. The van der Waals surface area contributed by atoms with E-state index in [1.807, 2.05) is 36.5 Å². The van der Waals surface area contributed by atoms with E-state index in [-0.39, 0.29) is 0 Å². The summed E-state index contributed by atoms with van der Waals surface area (Å²) in [5, 5.41) is 9.94. The van der Waals surface area contributed by atoms with Crippen molar-refractivity contribution in [1.29, 1.82) is 0 Å². The third-order valence-corrected chi connectivity index (χ3v) is 3.47. The lowest BCUT2D eigenvalue weighted by Gasteiger charge is -2.15. The molecule has 96 valence electrons. The maximum absolute atomic E-state index is 9.94. The summed E-state index contributed by atoms with van der Waals surface area (Å²) in [4.78, 5) is 0. The molecule has 0 saturated heterocycles. The molecule has 1 aliphatic heterocycles. The Morgan fingerprint density at radius 3 is 2.74 bits per heavy atom. The van der Waals surface area contributed by atoms with Crippen LogP contribution >= 0.6 is 0 Å². The van der Waals surface area contributed by atoms with E-state index < -0.39 is 0 Å².